The second-order valence-corrected chi connectivity index (χ2v) is 4.57. The lowest BCUT2D eigenvalue weighted by molar-refractivity contribution is -0.142. The van der Waals surface area contributed by atoms with Gasteiger partial charge < -0.3 is 9.64 Å². The maximum atomic E-state index is 11.4. The Balaban J connectivity index is 2.15. The Hall–Kier alpha value is -1.77. The second kappa shape index (κ2) is 5.25. The molecule has 1 aromatic carbocycles. The van der Waals surface area contributed by atoms with Gasteiger partial charge in [-0.3, -0.25) is 4.79 Å². The van der Waals surface area contributed by atoms with E-state index in [1.807, 2.05) is 0 Å². The van der Waals surface area contributed by atoms with Gasteiger partial charge in [-0.15, -0.1) is 0 Å². The first-order valence-electron chi connectivity index (χ1n) is 6.26. The Kier molecular flexibility index (Phi) is 3.70. The number of aryl methyl sites for hydroxylation is 1. The van der Waals surface area contributed by atoms with Gasteiger partial charge in [0.1, 0.15) is 6.54 Å². The van der Waals surface area contributed by atoms with Gasteiger partial charge in [-0.25, -0.2) is 0 Å². The highest BCUT2D eigenvalue weighted by Crippen LogP contribution is 2.36. The van der Waals surface area contributed by atoms with Crippen LogP contribution in [0.1, 0.15) is 30.5 Å². The molecule has 96 valence electrons. The lowest BCUT2D eigenvalue weighted by atomic mass is 9.95. The molecule has 1 atom stereocenters. The molecule has 0 fully saturated rings. The van der Waals surface area contributed by atoms with Crippen molar-refractivity contribution < 1.29 is 9.53 Å². The Morgan fingerprint density at radius 2 is 2.00 bits per heavy atom. The molecule has 2 rings (SSSR count). The number of esters is 1. The molecule has 1 unspecified atom stereocenters. The minimum absolute atomic E-state index is 0.189. The monoisotopic (exact) mass is 245 g/mol. The first kappa shape index (κ1) is 12.7. The van der Waals surface area contributed by atoms with E-state index in [2.05, 4.69) is 49.1 Å². The molecule has 0 amide bonds. The van der Waals surface area contributed by atoms with Crippen molar-refractivity contribution in [2.24, 2.45) is 0 Å². The quantitative estimate of drug-likeness (QED) is 0.764. The largest absolute Gasteiger partial charge is 0.468 e. The molecule has 1 aromatic rings. The van der Waals surface area contributed by atoms with E-state index in [-0.39, 0.29) is 12.0 Å². The summed E-state index contributed by atoms with van der Waals surface area (Å²) in [6, 6.07) is 8.65. The molecule has 1 aliphatic rings. The first-order chi connectivity index (χ1) is 8.65. The van der Waals surface area contributed by atoms with E-state index in [4.69, 9.17) is 4.74 Å². The van der Waals surface area contributed by atoms with Crippen molar-refractivity contribution in [3.8, 4) is 0 Å². The van der Waals surface area contributed by atoms with Gasteiger partial charge in [0, 0.05) is 5.70 Å². The van der Waals surface area contributed by atoms with Crippen molar-refractivity contribution in [3.63, 3.8) is 0 Å². The fourth-order valence-electron chi connectivity index (χ4n) is 2.23. The van der Waals surface area contributed by atoms with Crippen molar-refractivity contribution in [1.29, 1.82) is 0 Å². The summed E-state index contributed by atoms with van der Waals surface area (Å²) < 4.78 is 4.74. The van der Waals surface area contributed by atoms with Crippen LogP contribution in [0, 0.1) is 6.92 Å². The number of carbonyl (C=O) groups is 1. The van der Waals surface area contributed by atoms with Crippen LogP contribution < -0.4 is 0 Å². The van der Waals surface area contributed by atoms with E-state index in [9.17, 15) is 4.79 Å². The first-order valence-corrected chi connectivity index (χ1v) is 6.26. The van der Waals surface area contributed by atoms with Crippen LogP contribution >= 0.6 is 0 Å². The standard InChI is InChI=1S/C15H19NO2/c1-4-13-9-14(16(13)10-15(17)18-3)12-7-5-11(2)6-8-12/h5-9,14H,4,10H2,1-3H3. The zero-order valence-corrected chi connectivity index (χ0v) is 11.1. The smallest absolute Gasteiger partial charge is 0.325 e. The van der Waals surface area contributed by atoms with E-state index in [1.165, 1.54) is 23.9 Å². The summed E-state index contributed by atoms with van der Waals surface area (Å²) in [6.07, 6.45) is 3.16. The molecule has 3 nitrogen and oxygen atoms in total. The van der Waals surface area contributed by atoms with Crippen LogP contribution in [0.3, 0.4) is 0 Å². The van der Waals surface area contributed by atoms with Crippen LogP contribution in [0.15, 0.2) is 36.0 Å². The van der Waals surface area contributed by atoms with E-state index >= 15 is 0 Å². The van der Waals surface area contributed by atoms with Crippen molar-refractivity contribution in [1.82, 2.24) is 4.90 Å². The number of carbonyl (C=O) groups excluding carboxylic acids is 1. The Bertz CT molecular complexity index is 462. The maximum absolute atomic E-state index is 11.4. The number of ether oxygens (including phenoxy) is 1. The fraction of sp³-hybridized carbons (Fsp3) is 0.400. The minimum Gasteiger partial charge on any atom is -0.468 e. The lowest BCUT2D eigenvalue weighted by Crippen LogP contribution is -2.39. The van der Waals surface area contributed by atoms with Gasteiger partial charge >= 0.3 is 5.97 Å². The van der Waals surface area contributed by atoms with Crippen LogP contribution in [0.5, 0.6) is 0 Å². The number of hydrogen-bond donors (Lipinski definition) is 0. The third-order valence-corrected chi connectivity index (χ3v) is 3.36. The average molecular weight is 245 g/mol. The zero-order chi connectivity index (χ0) is 13.1. The fourth-order valence-corrected chi connectivity index (χ4v) is 2.23. The van der Waals surface area contributed by atoms with E-state index in [0.717, 1.165) is 6.42 Å². The Labute approximate surface area is 108 Å². The van der Waals surface area contributed by atoms with Gasteiger partial charge in [0.05, 0.1) is 13.2 Å². The van der Waals surface area contributed by atoms with Crippen molar-refractivity contribution in [2.75, 3.05) is 13.7 Å². The number of benzene rings is 1. The van der Waals surface area contributed by atoms with Gasteiger partial charge in [0.2, 0.25) is 0 Å². The highest BCUT2D eigenvalue weighted by Gasteiger charge is 2.30. The summed E-state index contributed by atoms with van der Waals surface area (Å²) in [5, 5.41) is 0. The molecule has 0 bridgehead atoms. The third kappa shape index (κ3) is 2.40. The SMILES string of the molecule is CCC1=CC(c2ccc(C)cc2)N1CC(=O)OC. The van der Waals surface area contributed by atoms with Gasteiger partial charge in [-0.2, -0.15) is 0 Å². The minimum atomic E-state index is -0.189. The lowest BCUT2D eigenvalue weighted by Gasteiger charge is -2.41. The molecule has 1 aliphatic heterocycles. The maximum Gasteiger partial charge on any atom is 0.325 e. The molecular formula is C15H19NO2. The highest BCUT2D eigenvalue weighted by molar-refractivity contribution is 5.72. The summed E-state index contributed by atoms with van der Waals surface area (Å²) >= 11 is 0. The molecule has 0 radical (unpaired) electrons. The number of nitrogens with zero attached hydrogens (tertiary/aromatic N) is 1. The molecule has 0 aromatic heterocycles. The predicted octanol–water partition coefficient (Wildman–Crippen LogP) is 2.82. The summed E-state index contributed by atoms with van der Waals surface area (Å²) in [4.78, 5) is 13.5. The molecule has 0 saturated heterocycles. The van der Waals surface area contributed by atoms with E-state index in [0.29, 0.717) is 6.54 Å². The average Bonchev–Trinajstić information content (AvgIpc) is 2.37. The van der Waals surface area contributed by atoms with E-state index < -0.39 is 0 Å². The van der Waals surface area contributed by atoms with Gasteiger partial charge in [0.25, 0.3) is 0 Å². The van der Waals surface area contributed by atoms with Gasteiger partial charge in [-0.1, -0.05) is 36.8 Å². The Morgan fingerprint density at radius 3 is 2.56 bits per heavy atom. The zero-order valence-electron chi connectivity index (χ0n) is 11.1. The predicted molar refractivity (Wildman–Crippen MR) is 71.0 cm³/mol. The number of hydrogen-bond acceptors (Lipinski definition) is 3. The molecule has 18 heavy (non-hydrogen) atoms. The van der Waals surface area contributed by atoms with Crippen LogP contribution in [-0.4, -0.2) is 24.5 Å². The van der Waals surface area contributed by atoms with Gasteiger partial charge in [-0.05, 0) is 25.0 Å². The van der Waals surface area contributed by atoms with Gasteiger partial charge in [0.15, 0.2) is 0 Å². The second-order valence-electron chi connectivity index (χ2n) is 4.57. The molecule has 1 heterocycles. The third-order valence-electron chi connectivity index (χ3n) is 3.36. The number of rotatable bonds is 4. The summed E-state index contributed by atoms with van der Waals surface area (Å²) in [7, 11) is 1.43. The van der Waals surface area contributed by atoms with Crippen molar-refractivity contribution in [3.05, 3.63) is 47.2 Å². The van der Waals surface area contributed by atoms with Crippen LogP contribution in [0.25, 0.3) is 0 Å². The summed E-state index contributed by atoms with van der Waals surface area (Å²) in [5.74, 6) is -0.189. The highest BCUT2D eigenvalue weighted by atomic mass is 16.5. The van der Waals surface area contributed by atoms with Crippen LogP contribution in [0.4, 0.5) is 0 Å². The number of allylic oxidation sites excluding steroid dienone is 1. The summed E-state index contributed by atoms with van der Waals surface area (Å²) in [6.45, 7) is 4.50. The van der Waals surface area contributed by atoms with Crippen LogP contribution in [-0.2, 0) is 9.53 Å². The van der Waals surface area contributed by atoms with E-state index in [1.54, 1.807) is 0 Å². The molecule has 3 heteroatoms. The normalized spacial score (nSPS) is 18.1. The molecule has 0 N–H and O–H groups in total. The topological polar surface area (TPSA) is 29.5 Å². The molecule has 0 spiro atoms. The van der Waals surface area contributed by atoms with Crippen molar-refractivity contribution in [2.45, 2.75) is 26.3 Å². The van der Waals surface area contributed by atoms with Crippen LogP contribution in [0.2, 0.25) is 0 Å². The molecule has 0 aliphatic carbocycles. The summed E-state index contributed by atoms with van der Waals surface area (Å²) in [5.41, 5.74) is 3.69. The molecular weight excluding hydrogens is 226 g/mol. The Morgan fingerprint density at radius 1 is 1.33 bits per heavy atom. The van der Waals surface area contributed by atoms with Crippen molar-refractivity contribution >= 4 is 5.97 Å². The number of methoxy groups -OCH3 is 1. The molecule has 0 saturated carbocycles.